The highest BCUT2D eigenvalue weighted by Crippen LogP contribution is 2.66. The number of rotatable bonds is 7. The maximum Gasteiger partial charge on any atom is 0.336 e. The van der Waals surface area contributed by atoms with E-state index in [1.54, 1.807) is 0 Å². The average Bonchev–Trinajstić information content (AvgIpc) is 2.70. The van der Waals surface area contributed by atoms with Gasteiger partial charge in [-0.25, -0.2) is 0 Å². The monoisotopic (exact) mass is 425 g/mol. The first-order valence-corrected chi connectivity index (χ1v) is 11.7. The van der Waals surface area contributed by atoms with Gasteiger partial charge >= 0.3 is 7.60 Å². The Hall–Kier alpha value is -0.870. The average molecular weight is 426 g/mol. The van der Waals surface area contributed by atoms with Crippen LogP contribution in [0, 0.1) is 0 Å². The van der Waals surface area contributed by atoms with Gasteiger partial charge in [-0.15, -0.1) is 23.2 Å². The number of halogens is 2. The molecule has 144 valence electrons. The van der Waals surface area contributed by atoms with Crippen molar-refractivity contribution >= 4 is 30.8 Å². The predicted octanol–water partition coefficient (Wildman–Crippen LogP) is 4.68. The first-order chi connectivity index (χ1) is 13.1. The Balaban J connectivity index is 1.86. The molecule has 3 aliphatic rings. The molecule has 0 spiro atoms. The third-order valence-electron chi connectivity index (χ3n) is 5.51. The third-order valence-corrected chi connectivity index (χ3v) is 8.28. The second-order valence-corrected chi connectivity index (χ2v) is 9.81. The predicted molar refractivity (Wildman–Crippen MR) is 109 cm³/mol. The van der Waals surface area contributed by atoms with E-state index in [4.69, 9.17) is 38.0 Å². The van der Waals surface area contributed by atoms with E-state index in [2.05, 4.69) is 24.3 Å². The van der Waals surface area contributed by atoms with Crippen molar-refractivity contribution in [3.8, 4) is 0 Å². The standard InChI is InChI=1S/C20H22Cl2NO3P/c21-9-11-25-27(24,26-12-10-22)20-18-15-7-3-1-5-13(15)17(19(20)23)14-6-2-4-8-16(14)18/h1-8,17-20H,9-12,23H2. The van der Waals surface area contributed by atoms with E-state index >= 15 is 0 Å². The van der Waals surface area contributed by atoms with Crippen LogP contribution in [0.2, 0.25) is 0 Å². The number of benzene rings is 2. The number of fused-ring (bicyclic) bond motifs is 1. The first-order valence-electron chi connectivity index (χ1n) is 9.06. The Labute approximate surface area is 169 Å². The molecule has 4 nitrogen and oxygen atoms in total. The maximum atomic E-state index is 13.9. The van der Waals surface area contributed by atoms with Crippen molar-refractivity contribution in [2.75, 3.05) is 25.0 Å². The van der Waals surface area contributed by atoms with E-state index in [1.807, 2.05) is 24.3 Å². The summed E-state index contributed by atoms with van der Waals surface area (Å²) in [6.07, 6.45) is 0. The van der Waals surface area contributed by atoms with Gasteiger partial charge in [-0.2, -0.15) is 0 Å². The van der Waals surface area contributed by atoms with Crippen LogP contribution >= 0.6 is 30.8 Å². The molecule has 0 fully saturated rings. The molecule has 2 unspecified atom stereocenters. The van der Waals surface area contributed by atoms with Crippen LogP contribution in [0.25, 0.3) is 0 Å². The fourth-order valence-electron chi connectivity index (χ4n) is 4.62. The van der Waals surface area contributed by atoms with Gasteiger partial charge < -0.3 is 14.8 Å². The maximum absolute atomic E-state index is 13.9. The Kier molecular flexibility index (Phi) is 5.67. The van der Waals surface area contributed by atoms with Crippen LogP contribution in [-0.4, -0.2) is 36.7 Å². The first kappa shape index (κ1) is 19.4. The minimum atomic E-state index is -3.53. The molecule has 27 heavy (non-hydrogen) atoms. The molecule has 0 amide bonds. The van der Waals surface area contributed by atoms with Gasteiger partial charge in [0.1, 0.15) is 0 Å². The lowest BCUT2D eigenvalue weighted by molar-refractivity contribution is 0.202. The summed E-state index contributed by atoms with van der Waals surface area (Å²) < 4.78 is 25.3. The minimum Gasteiger partial charge on any atom is -0.326 e. The molecule has 7 heteroatoms. The van der Waals surface area contributed by atoms with Crippen LogP contribution in [0.5, 0.6) is 0 Å². The van der Waals surface area contributed by atoms with Crippen LogP contribution in [-0.2, 0) is 13.6 Å². The molecule has 2 aromatic rings. The van der Waals surface area contributed by atoms with Crippen molar-refractivity contribution in [2.45, 2.75) is 23.5 Å². The van der Waals surface area contributed by atoms with E-state index in [0.717, 1.165) is 11.1 Å². The fraction of sp³-hybridized carbons (Fsp3) is 0.400. The molecule has 3 aliphatic carbocycles. The zero-order chi connectivity index (χ0) is 19.0. The van der Waals surface area contributed by atoms with Gasteiger partial charge in [0.2, 0.25) is 0 Å². The lowest BCUT2D eigenvalue weighted by Crippen LogP contribution is -2.52. The molecule has 0 aromatic heterocycles. The molecule has 0 saturated carbocycles. The molecule has 0 radical (unpaired) electrons. The second kappa shape index (κ2) is 7.87. The third kappa shape index (κ3) is 3.17. The van der Waals surface area contributed by atoms with E-state index in [-0.39, 0.29) is 42.9 Å². The largest absolute Gasteiger partial charge is 0.336 e. The SMILES string of the molecule is NC1C2c3ccccc3C(c3ccccc32)C1P(=O)(OCCCl)OCCCl. The van der Waals surface area contributed by atoms with Crippen LogP contribution < -0.4 is 5.73 Å². The number of hydrogen-bond donors (Lipinski definition) is 1. The normalized spacial score (nSPS) is 25.9. The highest BCUT2D eigenvalue weighted by molar-refractivity contribution is 7.54. The van der Waals surface area contributed by atoms with Gasteiger partial charge in [0.05, 0.1) is 18.9 Å². The van der Waals surface area contributed by atoms with E-state index in [1.165, 1.54) is 11.1 Å². The van der Waals surface area contributed by atoms with Gasteiger partial charge in [0.15, 0.2) is 0 Å². The lowest BCUT2D eigenvalue weighted by atomic mass is 9.61. The quantitative estimate of drug-likeness (QED) is 0.516. The van der Waals surface area contributed by atoms with E-state index in [9.17, 15) is 4.57 Å². The smallest absolute Gasteiger partial charge is 0.326 e. The zero-order valence-electron chi connectivity index (χ0n) is 14.8. The summed E-state index contributed by atoms with van der Waals surface area (Å²) in [5.41, 5.74) is 11.0. The number of hydrogen-bond acceptors (Lipinski definition) is 4. The molecule has 2 atom stereocenters. The van der Waals surface area contributed by atoms with Crippen LogP contribution in [0.3, 0.4) is 0 Å². The van der Waals surface area contributed by atoms with Crippen molar-refractivity contribution < 1.29 is 13.6 Å². The molecule has 0 aliphatic heterocycles. The number of alkyl halides is 2. The fourth-order valence-corrected chi connectivity index (χ4v) is 7.38. The van der Waals surface area contributed by atoms with Crippen molar-refractivity contribution in [3.63, 3.8) is 0 Å². The summed E-state index contributed by atoms with van der Waals surface area (Å²) in [5.74, 6) is 0.281. The summed E-state index contributed by atoms with van der Waals surface area (Å²) in [5, 5.41) is 0. The summed E-state index contributed by atoms with van der Waals surface area (Å²) in [6.45, 7) is 0.288. The van der Waals surface area contributed by atoms with Gasteiger partial charge in [0.25, 0.3) is 0 Å². The van der Waals surface area contributed by atoms with Crippen LogP contribution in [0.1, 0.15) is 34.1 Å². The Morgan fingerprint density at radius 3 is 1.63 bits per heavy atom. The van der Waals surface area contributed by atoms with Crippen molar-refractivity contribution in [2.24, 2.45) is 5.73 Å². The molecule has 5 rings (SSSR count). The Morgan fingerprint density at radius 2 is 1.22 bits per heavy atom. The van der Waals surface area contributed by atoms with Crippen molar-refractivity contribution in [1.82, 2.24) is 0 Å². The zero-order valence-corrected chi connectivity index (χ0v) is 17.2. The van der Waals surface area contributed by atoms with Gasteiger partial charge in [-0.3, -0.25) is 4.57 Å². The van der Waals surface area contributed by atoms with Crippen molar-refractivity contribution in [3.05, 3.63) is 70.8 Å². The highest BCUT2D eigenvalue weighted by atomic mass is 35.5. The second-order valence-electron chi connectivity index (χ2n) is 6.87. The Bertz CT molecular complexity index is 818. The molecule has 2 N–H and O–H groups in total. The summed E-state index contributed by atoms with van der Waals surface area (Å²) in [4.78, 5) is 0. The molecule has 2 aromatic carbocycles. The van der Waals surface area contributed by atoms with Gasteiger partial charge in [0, 0.05) is 29.6 Å². The minimum absolute atomic E-state index is 0.0417. The van der Waals surface area contributed by atoms with E-state index < -0.39 is 13.3 Å². The molecular weight excluding hydrogens is 404 g/mol. The van der Waals surface area contributed by atoms with Crippen LogP contribution in [0.4, 0.5) is 0 Å². The molecule has 0 saturated heterocycles. The summed E-state index contributed by atoms with van der Waals surface area (Å²) >= 11 is 11.6. The van der Waals surface area contributed by atoms with Crippen molar-refractivity contribution in [1.29, 1.82) is 0 Å². The summed E-state index contributed by atoms with van der Waals surface area (Å²) in [7, 11) is -3.53. The molecule has 0 heterocycles. The highest BCUT2D eigenvalue weighted by Gasteiger charge is 2.56. The number of nitrogens with two attached hydrogens (primary N) is 1. The van der Waals surface area contributed by atoms with E-state index in [0.29, 0.717) is 0 Å². The topological polar surface area (TPSA) is 61.6 Å². The lowest BCUT2D eigenvalue weighted by Gasteiger charge is -2.50. The molecule has 2 bridgehead atoms. The van der Waals surface area contributed by atoms with Gasteiger partial charge in [-0.05, 0) is 22.3 Å². The Morgan fingerprint density at radius 1 is 0.815 bits per heavy atom. The van der Waals surface area contributed by atoms with Crippen LogP contribution in [0.15, 0.2) is 48.5 Å². The van der Waals surface area contributed by atoms with Gasteiger partial charge in [-0.1, -0.05) is 48.5 Å². The summed E-state index contributed by atoms with van der Waals surface area (Å²) in [6, 6.07) is 16.1. The molecular formula is C20H22Cl2NO3P.